The fourth-order valence-corrected chi connectivity index (χ4v) is 2.44. The van der Waals surface area contributed by atoms with Crippen LogP contribution in [0, 0.1) is 0 Å². The highest BCUT2D eigenvalue weighted by molar-refractivity contribution is 6.07. The molecule has 1 aromatic rings. The lowest BCUT2D eigenvalue weighted by Crippen LogP contribution is -2.35. The normalized spacial score (nSPS) is 22.8. The van der Waals surface area contributed by atoms with Crippen LogP contribution in [0.2, 0.25) is 0 Å². The minimum absolute atomic E-state index is 0.170. The molecule has 0 spiro atoms. The van der Waals surface area contributed by atoms with Gasteiger partial charge in [0.05, 0.1) is 12.0 Å². The summed E-state index contributed by atoms with van der Waals surface area (Å²) < 4.78 is 5.51. The van der Waals surface area contributed by atoms with Crippen LogP contribution in [0.4, 0.5) is 5.69 Å². The first kappa shape index (κ1) is 12.0. The molecule has 3 heteroatoms. The summed E-state index contributed by atoms with van der Waals surface area (Å²) in [6, 6.07) is 5.90. The van der Waals surface area contributed by atoms with E-state index in [1.54, 1.807) is 4.90 Å². The predicted octanol–water partition coefficient (Wildman–Crippen LogP) is 2.73. The van der Waals surface area contributed by atoms with Crippen LogP contribution in [0.15, 0.2) is 18.2 Å². The monoisotopic (exact) mass is 233 g/mol. The number of carbonyl (C=O) groups excluding carboxylic acids is 1. The van der Waals surface area contributed by atoms with Crippen molar-refractivity contribution in [1.29, 1.82) is 0 Å². The summed E-state index contributed by atoms with van der Waals surface area (Å²) in [5, 5.41) is 0. The van der Waals surface area contributed by atoms with Gasteiger partial charge >= 0.3 is 0 Å². The van der Waals surface area contributed by atoms with Crippen LogP contribution in [0.5, 0.6) is 5.75 Å². The summed E-state index contributed by atoms with van der Waals surface area (Å²) in [5.74, 6) is 1.01. The Balaban J connectivity index is 2.53. The maximum Gasteiger partial charge on any atom is 0.237 e. The summed E-state index contributed by atoms with van der Waals surface area (Å²) in [6.45, 7) is 6.66. The number of rotatable bonds is 3. The number of likely N-dealkylation sites (N-methyl/N-ethyl adjacent to an activating group) is 1. The van der Waals surface area contributed by atoms with E-state index in [0.717, 1.165) is 23.4 Å². The fourth-order valence-electron chi connectivity index (χ4n) is 2.44. The molecule has 0 N–H and O–H groups in total. The molecule has 92 valence electrons. The van der Waals surface area contributed by atoms with Gasteiger partial charge in [0, 0.05) is 12.7 Å². The zero-order valence-electron chi connectivity index (χ0n) is 10.9. The number of carbonyl (C=O) groups is 1. The number of amides is 1. The van der Waals surface area contributed by atoms with Crippen molar-refractivity contribution in [2.75, 3.05) is 18.6 Å². The second-order valence-corrected chi connectivity index (χ2v) is 4.66. The number of benzene rings is 1. The van der Waals surface area contributed by atoms with Crippen molar-refractivity contribution in [3.8, 4) is 5.75 Å². The largest absolute Gasteiger partial charge is 0.494 e. The molecule has 1 atom stereocenters. The third-order valence-electron chi connectivity index (χ3n) is 3.72. The summed E-state index contributed by atoms with van der Waals surface area (Å²) in [6.07, 6.45) is 0.804. The second kappa shape index (κ2) is 4.06. The Morgan fingerprint density at radius 1 is 1.35 bits per heavy atom. The van der Waals surface area contributed by atoms with E-state index in [-0.39, 0.29) is 5.91 Å². The minimum Gasteiger partial charge on any atom is -0.494 e. The Hall–Kier alpha value is -1.51. The SMILES string of the molecule is CCOc1ccc2c(c1)C(C)(CC)C(=O)N2C. The zero-order chi connectivity index (χ0) is 12.6. The standard InChI is InChI=1S/C14H19NO2/c1-5-14(3)11-9-10(17-6-2)7-8-12(11)15(4)13(14)16/h7-9H,5-6H2,1-4H3. The molecule has 0 aromatic heterocycles. The van der Waals surface area contributed by atoms with Crippen LogP contribution in [0.25, 0.3) is 0 Å². The summed E-state index contributed by atoms with van der Waals surface area (Å²) >= 11 is 0. The topological polar surface area (TPSA) is 29.5 Å². The van der Waals surface area contributed by atoms with Gasteiger partial charge in [0.25, 0.3) is 0 Å². The number of hydrogen-bond acceptors (Lipinski definition) is 2. The number of nitrogens with zero attached hydrogens (tertiary/aromatic N) is 1. The lowest BCUT2D eigenvalue weighted by Gasteiger charge is -2.21. The number of fused-ring (bicyclic) bond motifs is 1. The van der Waals surface area contributed by atoms with Gasteiger partial charge in [-0.25, -0.2) is 0 Å². The van der Waals surface area contributed by atoms with Crippen molar-refractivity contribution < 1.29 is 9.53 Å². The van der Waals surface area contributed by atoms with Gasteiger partial charge in [-0.3, -0.25) is 4.79 Å². The van der Waals surface area contributed by atoms with Gasteiger partial charge in [-0.05, 0) is 44.0 Å². The molecule has 0 bridgehead atoms. The van der Waals surface area contributed by atoms with E-state index < -0.39 is 5.41 Å². The van der Waals surface area contributed by atoms with Gasteiger partial charge < -0.3 is 9.64 Å². The highest BCUT2D eigenvalue weighted by atomic mass is 16.5. The minimum atomic E-state index is -0.406. The molecule has 0 saturated carbocycles. The van der Waals surface area contributed by atoms with Gasteiger partial charge in [-0.1, -0.05) is 6.92 Å². The van der Waals surface area contributed by atoms with E-state index in [9.17, 15) is 4.79 Å². The van der Waals surface area contributed by atoms with Crippen LogP contribution in [-0.4, -0.2) is 19.6 Å². The lowest BCUT2D eigenvalue weighted by atomic mass is 9.81. The van der Waals surface area contributed by atoms with E-state index >= 15 is 0 Å². The molecule has 0 radical (unpaired) electrons. The quantitative estimate of drug-likeness (QED) is 0.803. The highest BCUT2D eigenvalue weighted by Crippen LogP contribution is 2.44. The third-order valence-corrected chi connectivity index (χ3v) is 3.72. The third kappa shape index (κ3) is 1.61. The van der Waals surface area contributed by atoms with Crippen molar-refractivity contribution in [1.82, 2.24) is 0 Å². The van der Waals surface area contributed by atoms with Crippen molar-refractivity contribution in [3.05, 3.63) is 23.8 Å². The zero-order valence-corrected chi connectivity index (χ0v) is 10.9. The molecule has 0 saturated heterocycles. The van der Waals surface area contributed by atoms with Gasteiger partial charge in [-0.2, -0.15) is 0 Å². The molecule has 3 nitrogen and oxygen atoms in total. The van der Waals surface area contributed by atoms with Crippen molar-refractivity contribution in [3.63, 3.8) is 0 Å². The Labute approximate surface area is 102 Å². The molecule has 1 aromatic carbocycles. The summed E-state index contributed by atoms with van der Waals surface area (Å²) in [7, 11) is 1.84. The van der Waals surface area contributed by atoms with Crippen LogP contribution >= 0.6 is 0 Å². The highest BCUT2D eigenvalue weighted by Gasteiger charge is 2.44. The maximum absolute atomic E-state index is 12.3. The number of hydrogen-bond donors (Lipinski definition) is 0. The van der Waals surface area contributed by atoms with Crippen LogP contribution in [0.3, 0.4) is 0 Å². The Morgan fingerprint density at radius 3 is 2.65 bits per heavy atom. The molecule has 2 rings (SSSR count). The van der Waals surface area contributed by atoms with E-state index in [1.165, 1.54) is 0 Å². The number of ether oxygens (including phenoxy) is 1. The average molecular weight is 233 g/mol. The van der Waals surface area contributed by atoms with Crippen LogP contribution in [-0.2, 0) is 10.2 Å². The van der Waals surface area contributed by atoms with Crippen LogP contribution in [0.1, 0.15) is 32.8 Å². The Morgan fingerprint density at radius 2 is 2.06 bits per heavy atom. The Bertz CT molecular complexity index is 456. The molecule has 1 heterocycles. The molecule has 1 unspecified atom stereocenters. The summed E-state index contributed by atoms with van der Waals surface area (Å²) in [5.41, 5.74) is 1.68. The van der Waals surface area contributed by atoms with Crippen molar-refractivity contribution in [2.24, 2.45) is 0 Å². The first-order chi connectivity index (χ1) is 8.04. The van der Waals surface area contributed by atoms with E-state index in [1.807, 2.05) is 46.0 Å². The van der Waals surface area contributed by atoms with E-state index in [2.05, 4.69) is 0 Å². The first-order valence-electron chi connectivity index (χ1n) is 6.10. The number of anilines is 1. The average Bonchev–Trinajstić information content (AvgIpc) is 2.53. The van der Waals surface area contributed by atoms with Gasteiger partial charge in [0.15, 0.2) is 0 Å². The molecule has 1 aliphatic rings. The Kier molecular flexibility index (Phi) is 2.86. The van der Waals surface area contributed by atoms with Gasteiger partial charge in [0.2, 0.25) is 5.91 Å². The second-order valence-electron chi connectivity index (χ2n) is 4.66. The van der Waals surface area contributed by atoms with Crippen molar-refractivity contribution in [2.45, 2.75) is 32.6 Å². The lowest BCUT2D eigenvalue weighted by molar-refractivity contribution is -0.122. The maximum atomic E-state index is 12.3. The molecule has 1 amide bonds. The van der Waals surface area contributed by atoms with E-state index in [4.69, 9.17) is 4.74 Å². The van der Waals surface area contributed by atoms with Gasteiger partial charge in [-0.15, -0.1) is 0 Å². The van der Waals surface area contributed by atoms with Crippen molar-refractivity contribution >= 4 is 11.6 Å². The molecular weight excluding hydrogens is 214 g/mol. The van der Waals surface area contributed by atoms with E-state index in [0.29, 0.717) is 6.61 Å². The van der Waals surface area contributed by atoms with Gasteiger partial charge in [0.1, 0.15) is 5.75 Å². The molecule has 1 aliphatic heterocycles. The molecule has 0 fully saturated rings. The summed E-state index contributed by atoms with van der Waals surface area (Å²) in [4.78, 5) is 14.0. The van der Waals surface area contributed by atoms with Crippen LogP contribution < -0.4 is 9.64 Å². The smallest absolute Gasteiger partial charge is 0.237 e. The molecule has 0 aliphatic carbocycles. The fraction of sp³-hybridized carbons (Fsp3) is 0.500. The predicted molar refractivity (Wildman–Crippen MR) is 68.7 cm³/mol. The molecular formula is C14H19NO2. The molecule has 17 heavy (non-hydrogen) atoms. The first-order valence-corrected chi connectivity index (χ1v) is 6.10.